The first-order valence-corrected chi connectivity index (χ1v) is 6.82. The van der Waals surface area contributed by atoms with Crippen LogP contribution in [0.25, 0.3) is 0 Å². The van der Waals surface area contributed by atoms with Gasteiger partial charge in [-0.3, -0.25) is 14.3 Å². The van der Waals surface area contributed by atoms with Crippen molar-refractivity contribution in [3.8, 4) is 0 Å². The smallest absolute Gasteiger partial charge is 0.244 e. The molecule has 0 radical (unpaired) electrons. The zero-order valence-electron chi connectivity index (χ0n) is 11.6. The highest BCUT2D eigenvalue weighted by Crippen LogP contribution is 2.07. The van der Waals surface area contributed by atoms with E-state index in [0.717, 1.165) is 0 Å². The number of hydrogen-bond donors (Lipinski definition) is 2. The van der Waals surface area contributed by atoms with Crippen LogP contribution in [0.2, 0.25) is 0 Å². The average Bonchev–Trinajstić information content (AvgIpc) is 2.98. The molecule has 0 saturated carbocycles. The fraction of sp³-hybridized carbons (Fsp3) is 0.667. The van der Waals surface area contributed by atoms with E-state index in [-0.39, 0.29) is 11.8 Å². The summed E-state index contributed by atoms with van der Waals surface area (Å²) in [6, 6.07) is -0.424. The molecule has 0 bridgehead atoms. The molecule has 20 heavy (non-hydrogen) atoms. The van der Waals surface area contributed by atoms with Gasteiger partial charge in [-0.05, 0) is 6.92 Å². The molecule has 1 aromatic rings. The van der Waals surface area contributed by atoms with Gasteiger partial charge in [-0.15, -0.1) is 0 Å². The number of amides is 2. The van der Waals surface area contributed by atoms with E-state index in [0.29, 0.717) is 39.1 Å². The molecule has 1 aliphatic heterocycles. The third kappa shape index (κ3) is 3.53. The van der Waals surface area contributed by atoms with Gasteiger partial charge in [0.1, 0.15) is 18.7 Å². The van der Waals surface area contributed by atoms with E-state index in [1.165, 1.54) is 6.33 Å². The van der Waals surface area contributed by atoms with E-state index >= 15 is 0 Å². The lowest BCUT2D eigenvalue weighted by molar-refractivity contribution is -0.141. The monoisotopic (exact) mass is 280 g/mol. The molecule has 1 aromatic heterocycles. The number of rotatable bonds is 5. The highest BCUT2D eigenvalue weighted by atomic mass is 16.2. The van der Waals surface area contributed by atoms with Crippen molar-refractivity contribution >= 4 is 11.8 Å². The van der Waals surface area contributed by atoms with E-state index in [4.69, 9.17) is 0 Å². The number of aryl methyl sites for hydroxylation is 1. The normalized spacial score (nSPS) is 18.9. The van der Waals surface area contributed by atoms with Gasteiger partial charge in [0.2, 0.25) is 11.8 Å². The summed E-state index contributed by atoms with van der Waals surface area (Å²) in [5.41, 5.74) is 0. The van der Waals surface area contributed by atoms with Crippen molar-refractivity contribution < 1.29 is 9.59 Å². The third-order valence-electron chi connectivity index (χ3n) is 3.24. The number of nitrogens with one attached hydrogen (secondary N) is 2. The second-order valence-corrected chi connectivity index (χ2v) is 4.61. The van der Waals surface area contributed by atoms with E-state index in [9.17, 15) is 9.59 Å². The zero-order chi connectivity index (χ0) is 14.4. The minimum Gasteiger partial charge on any atom is -0.355 e. The number of nitrogens with zero attached hydrogens (tertiary/aromatic N) is 4. The Morgan fingerprint density at radius 2 is 2.35 bits per heavy atom. The van der Waals surface area contributed by atoms with E-state index < -0.39 is 6.04 Å². The molecule has 1 aliphatic rings. The Hall–Kier alpha value is -1.96. The van der Waals surface area contributed by atoms with Crippen molar-refractivity contribution in [1.29, 1.82) is 0 Å². The van der Waals surface area contributed by atoms with Gasteiger partial charge in [0.25, 0.3) is 0 Å². The van der Waals surface area contributed by atoms with Crippen LogP contribution in [0.15, 0.2) is 12.7 Å². The Bertz CT molecular complexity index is 447. The molecule has 2 N–H and O–H groups in total. The number of carbonyl (C=O) groups excluding carboxylic acids is 2. The molecule has 0 aromatic carbocycles. The molecular formula is C12H20N6O2. The predicted octanol–water partition coefficient (Wildman–Crippen LogP) is -1.40. The maximum atomic E-state index is 12.3. The predicted molar refractivity (Wildman–Crippen MR) is 71.7 cm³/mol. The highest BCUT2D eigenvalue weighted by molar-refractivity contribution is 5.88. The van der Waals surface area contributed by atoms with Gasteiger partial charge >= 0.3 is 0 Å². The lowest BCUT2D eigenvalue weighted by Gasteiger charge is -2.35. The minimum atomic E-state index is -0.424. The second kappa shape index (κ2) is 6.99. The molecule has 2 rings (SSSR count). The Balaban J connectivity index is 1.92. The van der Waals surface area contributed by atoms with Gasteiger partial charge < -0.3 is 15.5 Å². The quantitative estimate of drug-likeness (QED) is 0.692. The lowest BCUT2D eigenvalue weighted by atomic mass is 10.1. The van der Waals surface area contributed by atoms with Gasteiger partial charge in [-0.1, -0.05) is 0 Å². The van der Waals surface area contributed by atoms with E-state index in [2.05, 4.69) is 20.7 Å². The number of aromatic nitrogens is 3. The van der Waals surface area contributed by atoms with Crippen molar-refractivity contribution in [3.63, 3.8) is 0 Å². The molecule has 8 nitrogen and oxygen atoms in total. The number of piperazine rings is 1. The van der Waals surface area contributed by atoms with Crippen LogP contribution in [-0.2, 0) is 16.1 Å². The second-order valence-electron chi connectivity index (χ2n) is 4.61. The summed E-state index contributed by atoms with van der Waals surface area (Å²) >= 11 is 0. The van der Waals surface area contributed by atoms with Gasteiger partial charge in [0.15, 0.2) is 0 Å². The van der Waals surface area contributed by atoms with Crippen LogP contribution >= 0.6 is 0 Å². The molecule has 1 saturated heterocycles. The third-order valence-corrected chi connectivity index (χ3v) is 3.24. The van der Waals surface area contributed by atoms with Crippen LogP contribution < -0.4 is 10.6 Å². The van der Waals surface area contributed by atoms with Crippen LogP contribution in [0.5, 0.6) is 0 Å². The molecule has 2 amide bonds. The Morgan fingerprint density at radius 1 is 1.50 bits per heavy atom. The van der Waals surface area contributed by atoms with Crippen LogP contribution in [0, 0.1) is 0 Å². The molecule has 0 spiro atoms. The Kier molecular flexibility index (Phi) is 5.05. The number of likely N-dealkylation sites (N-methyl/N-ethyl adjacent to an activating group) is 1. The van der Waals surface area contributed by atoms with Gasteiger partial charge in [-0.2, -0.15) is 5.10 Å². The Morgan fingerprint density at radius 3 is 3.05 bits per heavy atom. The summed E-state index contributed by atoms with van der Waals surface area (Å²) < 4.78 is 1.61. The fourth-order valence-electron chi connectivity index (χ4n) is 2.23. The molecule has 1 unspecified atom stereocenters. The maximum Gasteiger partial charge on any atom is 0.244 e. The van der Waals surface area contributed by atoms with Gasteiger partial charge in [-0.25, -0.2) is 4.98 Å². The van der Waals surface area contributed by atoms with Gasteiger partial charge in [0, 0.05) is 32.6 Å². The topological polar surface area (TPSA) is 92.2 Å². The molecule has 110 valence electrons. The van der Waals surface area contributed by atoms with Crippen LogP contribution in [0.1, 0.15) is 13.3 Å². The molecule has 1 atom stereocenters. The fourth-order valence-corrected chi connectivity index (χ4v) is 2.23. The lowest BCUT2D eigenvalue weighted by Crippen LogP contribution is -2.59. The first-order valence-electron chi connectivity index (χ1n) is 6.82. The minimum absolute atomic E-state index is 0.0294. The van der Waals surface area contributed by atoms with Crippen molar-refractivity contribution in [2.75, 3.05) is 26.2 Å². The molecule has 2 heterocycles. The molecule has 1 fully saturated rings. The molecule has 8 heteroatoms. The summed E-state index contributed by atoms with van der Waals surface area (Å²) in [5, 5.41) is 9.88. The van der Waals surface area contributed by atoms with Crippen molar-refractivity contribution in [2.45, 2.75) is 25.9 Å². The summed E-state index contributed by atoms with van der Waals surface area (Å²) in [7, 11) is 0. The SMILES string of the molecule is CCNC(=O)C1CNCCN1C(=O)CCn1cncn1. The van der Waals surface area contributed by atoms with Crippen LogP contribution in [-0.4, -0.2) is 63.7 Å². The molecule has 0 aliphatic carbocycles. The largest absolute Gasteiger partial charge is 0.355 e. The van der Waals surface area contributed by atoms with E-state index in [1.54, 1.807) is 15.9 Å². The van der Waals surface area contributed by atoms with Gasteiger partial charge in [0.05, 0.1) is 6.54 Å². The number of hydrogen-bond acceptors (Lipinski definition) is 5. The first-order chi connectivity index (χ1) is 9.72. The average molecular weight is 280 g/mol. The zero-order valence-corrected chi connectivity index (χ0v) is 11.6. The summed E-state index contributed by atoms with van der Waals surface area (Å²) in [5.74, 6) is -0.132. The first kappa shape index (κ1) is 14.4. The van der Waals surface area contributed by atoms with Crippen LogP contribution in [0.3, 0.4) is 0 Å². The number of carbonyl (C=O) groups is 2. The molecular weight excluding hydrogens is 260 g/mol. The van der Waals surface area contributed by atoms with Crippen LogP contribution in [0.4, 0.5) is 0 Å². The summed E-state index contributed by atoms with van der Waals surface area (Å²) in [4.78, 5) is 29.7. The Labute approximate surface area is 117 Å². The maximum absolute atomic E-state index is 12.3. The van der Waals surface area contributed by atoms with Crippen molar-refractivity contribution in [1.82, 2.24) is 30.3 Å². The van der Waals surface area contributed by atoms with Crippen molar-refractivity contribution in [3.05, 3.63) is 12.7 Å². The summed E-state index contributed by atoms with van der Waals surface area (Å²) in [6.45, 7) is 4.68. The van der Waals surface area contributed by atoms with Crippen molar-refractivity contribution in [2.24, 2.45) is 0 Å². The standard InChI is InChI=1S/C12H20N6O2/c1-2-15-12(20)10-7-13-4-6-18(10)11(19)3-5-17-9-14-8-16-17/h8-10,13H,2-7H2,1H3,(H,15,20). The van der Waals surface area contributed by atoms with E-state index in [1.807, 2.05) is 6.92 Å². The highest BCUT2D eigenvalue weighted by Gasteiger charge is 2.31. The summed E-state index contributed by atoms with van der Waals surface area (Å²) in [6.07, 6.45) is 3.33.